The summed E-state index contributed by atoms with van der Waals surface area (Å²) in [4.78, 5) is 15.8. The van der Waals surface area contributed by atoms with Crippen molar-refractivity contribution in [3.8, 4) is 0 Å². The number of amides is 2. The summed E-state index contributed by atoms with van der Waals surface area (Å²) >= 11 is 0. The van der Waals surface area contributed by atoms with E-state index in [-0.39, 0.29) is 6.03 Å². The SMILES string of the molecule is COCCn1ccc(NC(=O)Nc2ccncc2C)n1. The van der Waals surface area contributed by atoms with Crippen LogP contribution in [0, 0.1) is 6.92 Å². The lowest BCUT2D eigenvalue weighted by atomic mass is 10.2. The van der Waals surface area contributed by atoms with Gasteiger partial charge in [-0.15, -0.1) is 0 Å². The highest BCUT2D eigenvalue weighted by Gasteiger charge is 2.06. The first-order valence-corrected chi connectivity index (χ1v) is 6.20. The van der Waals surface area contributed by atoms with Gasteiger partial charge in [-0.1, -0.05) is 0 Å². The van der Waals surface area contributed by atoms with Crippen LogP contribution in [0.3, 0.4) is 0 Å². The van der Waals surface area contributed by atoms with E-state index < -0.39 is 0 Å². The van der Waals surface area contributed by atoms with Crippen molar-refractivity contribution in [2.45, 2.75) is 13.5 Å². The molecule has 0 saturated heterocycles. The van der Waals surface area contributed by atoms with Gasteiger partial charge in [0, 0.05) is 37.5 Å². The van der Waals surface area contributed by atoms with Crippen LogP contribution < -0.4 is 10.6 Å². The molecule has 0 aliphatic heterocycles. The van der Waals surface area contributed by atoms with Crippen molar-refractivity contribution in [3.05, 3.63) is 36.3 Å². The Morgan fingerprint density at radius 3 is 3.00 bits per heavy atom. The maximum atomic E-state index is 11.8. The third kappa shape index (κ3) is 3.79. The monoisotopic (exact) mass is 275 g/mol. The predicted octanol–water partition coefficient (Wildman–Crippen LogP) is 1.88. The number of aryl methyl sites for hydroxylation is 1. The molecule has 2 amide bonds. The molecule has 2 rings (SSSR count). The molecule has 0 spiro atoms. The molecule has 20 heavy (non-hydrogen) atoms. The van der Waals surface area contributed by atoms with Gasteiger partial charge in [0.15, 0.2) is 5.82 Å². The van der Waals surface area contributed by atoms with Crippen molar-refractivity contribution >= 4 is 17.5 Å². The molecule has 2 aromatic heterocycles. The highest BCUT2D eigenvalue weighted by Crippen LogP contribution is 2.12. The summed E-state index contributed by atoms with van der Waals surface area (Å²) < 4.78 is 6.67. The second-order valence-corrected chi connectivity index (χ2v) is 4.23. The Bertz CT molecular complexity index is 582. The molecule has 0 bridgehead atoms. The van der Waals surface area contributed by atoms with E-state index in [1.165, 1.54) is 0 Å². The number of carbonyl (C=O) groups excluding carboxylic acids is 1. The zero-order chi connectivity index (χ0) is 14.4. The molecule has 0 saturated carbocycles. The van der Waals surface area contributed by atoms with Crippen LogP contribution in [-0.4, -0.2) is 34.5 Å². The smallest absolute Gasteiger partial charge is 0.324 e. The molecule has 2 aromatic rings. The molecule has 0 fully saturated rings. The summed E-state index contributed by atoms with van der Waals surface area (Å²) in [5.41, 5.74) is 1.62. The van der Waals surface area contributed by atoms with Crippen LogP contribution in [0.1, 0.15) is 5.56 Å². The first kappa shape index (κ1) is 14.0. The molecule has 0 aromatic carbocycles. The van der Waals surface area contributed by atoms with E-state index in [2.05, 4.69) is 20.7 Å². The molecule has 0 unspecified atom stereocenters. The van der Waals surface area contributed by atoms with E-state index in [4.69, 9.17) is 4.74 Å². The number of pyridine rings is 1. The lowest BCUT2D eigenvalue weighted by Gasteiger charge is -2.07. The van der Waals surface area contributed by atoms with Crippen molar-refractivity contribution in [2.75, 3.05) is 24.4 Å². The van der Waals surface area contributed by atoms with Gasteiger partial charge in [-0.05, 0) is 18.6 Å². The number of ether oxygens (including phenoxy) is 1. The van der Waals surface area contributed by atoms with Crippen molar-refractivity contribution in [3.63, 3.8) is 0 Å². The topological polar surface area (TPSA) is 81.1 Å². The Morgan fingerprint density at radius 1 is 1.40 bits per heavy atom. The lowest BCUT2D eigenvalue weighted by Crippen LogP contribution is -2.20. The Balaban J connectivity index is 1.91. The van der Waals surface area contributed by atoms with Gasteiger partial charge in [0.25, 0.3) is 0 Å². The third-order valence-electron chi connectivity index (χ3n) is 2.68. The molecule has 2 heterocycles. The number of aromatic nitrogens is 3. The highest BCUT2D eigenvalue weighted by molar-refractivity contribution is 5.99. The van der Waals surface area contributed by atoms with E-state index in [9.17, 15) is 4.79 Å². The molecule has 2 N–H and O–H groups in total. The van der Waals surface area contributed by atoms with Crippen molar-refractivity contribution in [2.24, 2.45) is 0 Å². The van der Waals surface area contributed by atoms with Gasteiger partial charge in [0.1, 0.15) is 0 Å². The van der Waals surface area contributed by atoms with Crippen molar-refractivity contribution in [1.82, 2.24) is 14.8 Å². The van der Waals surface area contributed by atoms with Crippen LogP contribution in [0.2, 0.25) is 0 Å². The minimum absolute atomic E-state index is 0.337. The number of carbonyl (C=O) groups is 1. The average molecular weight is 275 g/mol. The summed E-state index contributed by atoms with van der Waals surface area (Å²) in [5, 5.41) is 9.62. The minimum Gasteiger partial charge on any atom is -0.383 e. The molecule has 0 radical (unpaired) electrons. The predicted molar refractivity (Wildman–Crippen MR) is 75.7 cm³/mol. The van der Waals surface area contributed by atoms with Crippen molar-refractivity contribution in [1.29, 1.82) is 0 Å². The molecular weight excluding hydrogens is 258 g/mol. The van der Waals surface area contributed by atoms with Gasteiger partial charge in [0.05, 0.1) is 13.2 Å². The quantitative estimate of drug-likeness (QED) is 0.873. The van der Waals surface area contributed by atoms with Crippen LogP contribution in [0.5, 0.6) is 0 Å². The number of rotatable bonds is 5. The van der Waals surface area contributed by atoms with Crippen LogP contribution in [0.15, 0.2) is 30.7 Å². The number of methoxy groups -OCH3 is 1. The van der Waals surface area contributed by atoms with Gasteiger partial charge < -0.3 is 10.1 Å². The number of anilines is 2. The number of hydrogen-bond donors (Lipinski definition) is 2. The fraction of sp³-hybridized carbons (Fsp3) is 0.308. The first-order valence-electron chi connectivity index (χ1n) is 6.20. The summed E-state index contributed by atoms with van der Waals surface area (Å²) in [6.07, 6.45) is 5.10. The maximum Gasteiger partial charge on any atom is 0.324 e. The largest absolute Gasteiger partial charge is 0.383 e. The Hall–Kier alpha value is -2.41. The van der Waals surface area contributed by atoms with Gasteiger partial charge in [0.2, 0.25) is 0 Å². The second kappa shape index (κ2) is 6.67. The molecule has 7 heteroatoms. The molecular formula is C13H17N5O2. The van der Waals surface area contributed by atoms with Crippen LogP contribution in [0.25, 0.3) is 0 Å². The first-order chi connectivity index (χ1) is 9.69. The number of hydrogen-bond acceptors (Lipinski definition) is 4. The zero-order valence-corrected chi connectivity index (χ0v) is 11.5. The highest BCUT2D eigenvalue weighted by atomic mass is 16.5. The molecule has 0 aliphatic rings. The summed E-state index contributed by atoms with van der Waals surface area (Å²) in [7, 11) is 1.63. The van der Waals surface area contributed by atoms with Crippen LogP contribution >= 0.6 is 0 Å². The van der Waals surface area contributed by atoms with E-state index in [0.717, 1.165) is 11.3 Å². The fourth-order valence-electron chi connectivity index (χ4n) is 1.62. The van der Waals surface area contributed by atoms with E-state index >= 15 is 0 Å². The van der Waals surface area contributed by atoms with Gasteiger partial charge >= 0.3 is 6.03 Å². The number of nitrogens with one attached hydrogen (secondary N) is 2. The van der Waals surface area contributed by atoms with Gasteiger partial charge in [-0.25, -0.2) is 4.79 Å². The number of nitrogens with zero attached hydrogens (tertiary/aromatic N) is 3. The van der Waals surface area contributed by atoms with E-state index in [0.29, 0.717) is 19.0 Å². The molecule has 7 nitrogen and oxygen atoms in total. The third-order valence-corrected chi connectivity index (χ3v) is 2.68. The summed E-state index contributed by atoms with van der Waals surface area (Å²) in [6, 6.07) is 3.14. The second-order valence-electron chi connectivity index (χ2n) is 4.23. The Kier molecular flexibility index (Phi) is 4.67. The zero-order valence-electron chi connectivity index (χ0n) is 11.5. The fourth-order valence-corrected chi connectivity index (χ4v) is 1.62. The number of urea groups is 1. The summed E-state index contributed by atoms with van der Waals surface area (Å²) in [6.45, 7) is 3.09. The van der Waals surface area contributed by atoms with Gasteiger partial charge in [-0.2, -0.15) is 5.10 Å². The lowest BCUT2D eigenvalue weighted by molar-refractivity contribution is 0.183. The minimum atomic E-state index is -0.337. The van der Waals surface area contributed by atoms with E-state index in [1.54, 1.807) is 42.5 Å². The maximum absolute atomic E-state index is 11.8. The van der Waals surface area contributed by atoms with Crippen LogP contribution in [-0.2, 0) is 11.3 Å². The Labute approximate surface area is 117 Å². The molecule has 0 atom stereocenters. The van der Waals surface area contributed by atoms with E-state index in [1.807, 2.05) is 6.92 Å². The van der Waals surface area contributed by atoms with Crippen molar-refractivity contribution < 1.29 is 9.53 Å². The van der Waals surface area contributed by atoms with Crippen LogP contribution in [0.4, 0.5) is 16.3 Å². The Morgan fingerprint density at radius 2 is 2.25 bits per heavy atom. The van der Waals surface area contributed by atoms with Gasteiger partial charge in [-0.3, -0.25) is 15.0 Å². The normalized spacial score (nSPS) is 10.3. The average Bonchev–Trinajstić information content (AvgIpc) is 2.86. The molecule has 106 valence electrons. The molecule has 0 aliphatic carbocycles. The standard InChI is InChI=1S/C13H17N5O2/c1-10-9-14-5-3-11(10)15-13(19)16-12-4-6-18(17-12)7-8-20-2/h3-6,9H,7-8H2,1-2H3,(H2,14,15,16,17,19). The summed E-state index contributed by atoms with van der Waals surface area (Å²) in [5.74, 6) is 0.491.